The summed E-state index contributed by atoms with van der Waals surface area (Å²) >= 11 is 3.24. The molecule has 10 heteroatoms. The lowest BCUT2D eigenvalue weighted by Gasteiger charge is -2.32. The highest BCUT2D eigenvalue weighted by atomic mass is 127. The molecule has 178 valence electrons. The van der Waals surface area contributed by atoms with Gasteiger partial charge >= 0.3 is 4.87 Å². The minimum Gasteiger partial charge on any atom is -0.370 e. The van der Waals surface area contributed by atoms with E-state index in [1.807, 2.05) is 58.3 Å². The van der Waals surface area contributed by atoms with Crippen molar-refractivity contribution in [1.29, 1.82) is 0 Å². The molecule has 0 amide bonds. The third-order valence-corrected chi connectivity index (χ3v) is 8.07. The van der Waals surface area contributed by atoms with E-state index >= 15 is 0 Å². The molecule has 1 aliphatic rings. The zero-order valence-electron chi connectivity index (χ0n) is 19.1. The molecule has 1 atom stereocenters. The van der Waals surface area contributed by atoms with E-state index in [1.165, 1.54) is 11.3 Å². The SMILES string of the molecule is COCn1c(=O)sc2cc(C(C)c3ccn(-c4ccc(N5CCC(OI)CC5)cn4)n3)ccc21. The third kappa shape index (κ3) is 4.64. The van der Waals surface area contributed by atoms with Crippen LogP contribution >= 0.6 is 34.3 Å². The molecule has 1 fully saturated rings. The Morgan fingerprint density at radius 1 is 1.21 bits per heavy atom. The number of benzene rings is 1. The molecule has 4 heterocycles. The normalized spacial score (nSPS) is 15.8. The van der Waals surface area contributed by atoms with Crippen LogP contribution in [0.1, 0.15) is 36.9 Å². The van der Waals surface area contributed by atoms with E-state index in [9.17, 15) is 4.79 Å². The summed E-state index contributed by atoms with van der Waals surface area (Å²) in [4.78, 5) is 19.3. The summed E-state index contributed by atoms with van der Waals surface area (Å²) in [5.41, 5.74) is 4.10. The van der Waals surface area contributed by atoms with Crippen molar-refractivity contribution >= 4 is 50.2 Å². The Labute approximate surface area is 215 Å². The van der Waals surface area contributed by atoms with Crippen molar-refractivity contribution in [2.24, 2.45) is 0 Å². The molecule has 1 saturated heterocycles. The lowest BCUT2D eigenvalue weighted by Crippen LogP contribution is -2.36. The maximum atomic E-state index is 12.3. The number of rotatable bonds is 7. The minimum absolute atomic E-state index is 0.0110. The number of fused-ring (bicyclic) bond motifs is 1. The van der Waals surface area contributed by atoms with Gasteiger partial charge in [0.15, 0.2) is 5.82 Å². The second-order valence-electron chi connectivity index (χ2n) is 8.50. The number of hydrogen-bond donors (Lipinski definition) is 0. The summed E-state index contributed by atoms with van der Waals surface area (Å²) in [5.74, 6) is 0.873. The summed E-state index contributed by atoms with van der Waals surface area (Å²) in [7, 11) is 1.59. The van der Waals surface area contributed by atoms with Gasteiger partial charge in [-0.25, -0.2) is 9.67 Å². The Hall–Kier alpha value is -2.28. The predicted molar refractivity (Wildman–Crippen MR) is 142 cm³/mol. The number of piperidine rings is 1. The molecule has 0 saturated carbocycles. The number of pyridine rings is 1. The highest BCUT2D eigenvalue weighted by molar-refractivity contribution is 14.1. The first kappa shape index (κ1) is 23.5. The molecule has 5 rings (SSSR count). The van der Waals surface area contributed by atoms with Crippen molar-refractivity contribution in [2.45, 2.75) is 38.5 Å². The van der Waals surface area contributed by atoms with Crippen LogP contribution in [0.3, 0.4) is 0 Å². The van der Waals surface area contributed by atoms with Crippen molar-refractivity contribution in [2.75, 3.05) is 25.1 Å². The summed E-state index contributed by atoms with van der Waals surface area (Å²) in [6.45, 7) is 4.34. The fraction of sp³-hybridized carbons (Fsp3) is 0.375. The first-order valence-electron chi connectivity index (χ1n) is 11.2. The fourth-order valence-corrected chi connectivity index (χ4v) is 5.81. The van der Waals surface area contributed by atoms with E-state index in [2.05, 4.69) is 35.0 Å². The van der Waals surface area contributed by atoms with Crippen molar-refractivity contribution < 1.29 is 7.80 Å². The smallest absolute Gasteiger partial charge is 0.310 e. The molecule has 34 heavy (non-hydrogen) atoms. The standard InChI is InChI=1S/C24H26IN5O3S/c1-16(17-3-5-21-22(13-17)34-24(31)29(21)15-32-2)20-9-12-30(27-20)23-6-4-18(14-26-23)28-10-7-19(33-25)8-11-28/h3-6,9,12-14,16,19H,7-8,10-11,15H2,1-2H3. The van der Waals surface area contributed by atoms with Gasteiger partial charge in [0.1, 0.15) is 29.7 Å². The van der Waals surface area contributed by atoms with E-state index in [4.69, 9.17) is 12.9 Å². The van der Waals surface area contributed by atoms with Crippen LogP contribution in [-0.4, -0.2) is 45.6 Å². The van der Waals surface area contributed by atoms with Crippen LogP contribution in [0.25, 0.3) is 16.0 Å². The van der Waals surface area contributed by atoms with Gasteiger partial charge in [-0.2, -0.15) is 5.10 Å². The molecule has 0 bridgehead atoms. The molecule has 8 nitrogen and oxygen atoms in total. The largest absolute Gasteiger partial charge is 0.370 e. The number of methoxy groups -OCH3 is 1. The van der Waals surface area contributed by atoms with Crippen molar-refractivity contribution in [3.05, 3.63) is 69.7 Å². The predicted octanol–water partition coefficient (Wildman–Crippen LogP) is 4.73. The van der Waals surface area contributed by atoms with Gasteiger partial charge in [-0.1, -0.05) is 24.3 Å². The van der Waals surface area contributed by atoms with E-state index in [0.29, 0.717) is 6.10 Å². The topological polar surface area (TPSA) is 74.4 Å². The number of hydrogen-bond acceptors (Lipinski definition) is 7. The minimum atomic E-state index is -0.0110. The lowest BCUT2D eigenvalue weighted by atomic mass is 9.98. The molecule has 0 N–H and O–H groups in total. The number of thiazole rings is 1. The van der Waals surface area contributed by atoms with Crippen LogP contribution in [0, 0.1) is 0 Å². The molecule has 0 aliphatic carbocycles. The van der Waals surface area contributed by atoms with Gasteiger partial charge in [0.05, 0.1) is 33.9 Å². The van der Waals surface area contributed by atoms with Crippen LogP contribution in [-0.2, 0) is 14.5 Å². The first-order valence-corrected chi connectivity index (χ1v) is 12.9. The highest BCUT2D eigenvalue weighted by Gasteiger charge is 2.20. The van der Waals surface area contributed by atoms with Crippen molar-refractivity contribution in [3.8, 4) is 5.82 Å². The van der Waals surface area contributed by atoms with Gasteiger partial charge in [0.25, 0.3) is 0 Å². The number of nitrogens with zero attached hydrogens (tertiary/aromatic N) is 5. The summed E-state index contributed by atoms with van der Waals surface area (Å²) in [5, 5.41) is 4.79. The number of aromatic nitrogens is 4. The monoisotopic (exact) mass is 591 g/mol. The van der Waals surface area contributed by atoms with Gasteiger partial charge in [-0.05, 0) is 48.7 Å². The van der Waals surface area contributed by atoms with E-state index in [0.717, 1.165) is 58.9 Å². The summed E-state index contributed by atoms with van der Waals surface area (Å²) in [6, 6.07) is 12.3. The van der Waals surface area contributed by atoms with Gasteiger partial charge in [0, 0.05) is 32.3 Å². The lowest BCUT2D eigenvalue weighted by molar-refractivity contribution is 0.133. The molecule has 0 radical (unpaired) electrons. The molecular weight excluding hydrogens is 565 g/mol. The van der Waals surface area contributed by atoms with Crippen molar-refractivity contribution in [3.63, 3.8) is 0 Å². The number of ether oxygens (including phenoxy) is 1. The highest BCUT2D eigenvalue weighted by Crippen LogP contribution is 2.28. The molecule has 1 aromatic carbocycles. The van der Waals surface area contributed by atoms with Crippen LogP contribution < -0.4 is 9.77 Å². The number of halogens is 1. The summed E-state index contributed by atoms with van der Waals surface area (Å²) < 4.78 is 15.0. The summed E-state index contributed by atoms with van der Waals surface area (Å²) in [6.07, 6.45) is 6.28. The zero-order valence-corrected chi connectivity index (χ0v) is 22.0. The molecule has 3 aromatic heterocycles. The molecule has 0 spiro atoms. The van der Waals surface area contributed by atoms with Crippen LogP contribution in [0.5, 0.6) is 0 Å². The van der Waals surface area contributed by atoms with Crippen LogP contribution in [0.4, 0.5) is 5.69 Å². The van der Waals surface area contributed by atoms with E-state index in [-0.39, 0.29) is 17.5 Å². The van der Waals surface area contributed by atoms with E-state index in [1.54, 1.807) is 11.7 Å². The average molecular weight is 591 g/mol. The quantitative estimate of drug-likeness (QED) is 0.290. The molecule has 1 aliphatic heterocycles. The molecule has 1 unspecified atom stereocenters. The second kappa shape index (κ2) is 10.1. The van der Waals surface area contributed by atoms with Crippen LogP contribution in [0.15, 0.2) is 53.6 Å². The van der Waals surface area contributed by atoms with Gasteiger partial charge in [-0.15, -0.1) is 0 Å². The maximum Gasteiger partial charge on any atom is 0.310 e. The Morgan fingerprint density at radius 3 is 2.74 bits per heavy atom. The Bertz CT molecular complexity index is 1320. The molecular formula is C24H26IN5O3S. The maximum absolute atomic E-state index is 12.3. The molecule has 4 aromatic rings. The van der Waals surface area contributed by atoms with Crippen molar-refractivity contribution in [1.82, 2.24) is 19.3 Å². The van der Waals surface area contributed by atoms with Gasteiger partial charge in [0.2, 0.25) is 0 Å². The van der Waals surface area contributed by atoms with Gasteiger partial charge < -0.3 is 12.7 Å². The first-order chi connectivity index (χ1) is 16.6. The van der Waals surface area contributed by atoms with Crippen LogP contribution in [0.2, 0.25) is 0 Å². The second-order valence-corrected chi connectivity index (χ2v) is 10.00. The fourth-order valence-electron chi connectivity index (χ4n) is 4.37. The van der Waals surface area contributed by atoms with Gasteiger partial charge in [-0.3, -0.25) is 9.36 Å². The number of anilines is 1. The van der Waals surface area contributed by atoms with E-state index < -0.39 is 0 Å². The average Bonchev–Trinajstić information content (AvgIpc) is 3.49. The Morgan fingerprint density at radius 2 is 2.03 bits per heavy atom. The third-order valence-electron chi connectivity index (χ3n) is 6.40. The Kier molecular flexibility index (Phi) is 7.00. The zero-order chi connectivity index (χ0) is 23.7. The Balaban J connectivity index is 1.32.